The number of halogens is 1. The van der Waals surface area contributed by atoms with E-state index in [-0.39, 0.29) is 21.7 Å². The van der Waals surface area contributed by atoms with E-state index in [0.29, 0.717) is 6.61 Å². The van der Waals surface area contributed by atoms with Crippen molar-refractivity contribution in [3.63, 3.8) is 0 Å². The number of hydrogen-bond donors (Lipinski definition) is 1. The molecule has 20 heavy (non-hydrogen) atoms. The molecule has 0 aromatic heterocycles. The molecule has 1 fully saturated rings. The van der Waals surface area contributed by atoms with Crippen LogP contribution in [0, 0.1) is 0 Å². The number of phenolic OH excluding ortho intramolecular Hbond substituents is 1. The van der Waals surface area contributed by atoms with E-state index in [0.717, 1.165) is 24.8 Å². The van der Waals surface area contributed by atoms with E-state index in [1.54, 1.807) is 0 Å². The molecule has 0 heterocycles. The van der Waals surface area contributed by atoms with Crippen LogP contribution in [0.25, 0.3) is 0 Å². The van der Waals surface area contributed by atoms with Crippen LogP contribution in [-0.4, -0.2) is 38.2 Å². The van der Waals surface area contributed by atoms with Crippen molar-refractivity contribution in [3.8, 4) is 5.75 Å². The van der Waals surface area contributed by atoms with Gasteiger partial charge in [0, 0.05) is 18.6 Å². The Balaban J connectivity index is 2.42. The van der Waals surface area contributed by atoms with Crippen LogP contribution in [0.3, 0.4) is 0 Å². The van der Waals surface area contributed by atoms with Crippen molar-refractivity contribution in [2.45, 2.75) is 30.8 Å². The standard InChI is InChI=1S/C13H16ClNO4S/c1-3-19-11-7-6-9(11)15-10-5-4-8(14)13(12(10)16)20(2,17)18/h4-5,11,16H,3,6-7H2,1-2H3. The van der Waals surface area contributed by atoms with Gasteiger partial charge in [-0.2, -0.15) is 0 Å². The maximum absolute atomic E-state index is 11.6. The molecule has 0 aliphatic heterocycles. The minimum atomic E-state index is -3.62. The summed E-state index contributed by atoms with van der Waals surface area (Å²) in [4.78, 5) is 4.01. The molecule has 0 bridgehead atoms. The minimum absolute atomic E-state index is 0.0103. The van der Waals surface area contributed by atoms with Gasteiger partial charge in [0.25, 0.3) is 0 Å². The molecule has 1 N–H and O–H groups in total. The molecule has 0 saturated heterocycles. The highest BCUT2D eigenvalue weighted by Gasteiger charge is 2.27. The molecule has 7 heteroatoms. The van der Waals surface area contributed by atoms with Gasteiger partial charge >= 0.3 is 0 Å². The van der Waals surface area contributed by atoms with Gasteiger partial charge in [0.1, 0.15) is 10.6 Å². The SMILES string of the molecule is CCOC1CCC1=Nc1ccc(Cl)c(S(C)(=O)=O)c1O. The molecule has 0 radical (unpaired) electrons. The van der Waals surface area contributed by atoms with Crippen LogP contribution in [0.4, 0.5) is 5.69 Å². The molecule has 1 aliphatic rings. The summed E-state index contributed by atoms with van der Waals surface area (Å²) < 4.78 is 28.8. The first-order valence-corrected chi connectivity index (χ1v) is 8.52. The Morgan fingerprint density at radius 2 is 2.20 bits per heavy atom. The first-order chi connectivity index (χ1) is 9.34. The summed E-state index contributed by atoms with van der Waals surface area (Å²) in [6, 6.07) is 2.92. The molecule has 1 aliphatic carbocycles. The average Bonchev–Trinajstić information content (AvgIpc) is 2.32. The summed E-state index contributed by atoms with van der Waals surface area (Å²) in [5, 5.41) is 10.1. The molecule has 0 spiro atoms. The fraction of sp³-hybridized carbons (Fsp3) is 0.462. The zero-order valence-corrected chi connectivity index (χ0v) is 12.8. The second-order valence-electron chi connectivity index (χ2n) is 4.60. The van der Waals surface area contributed by atoms with Crippen molar-refractivity contribution in [2.75, 3.05) is 12.9 Å². The summed E-state index contributed by atoms with van der Waals surface area (Å²) in [5.41, 5.74) is 1.01. The molecule has 2 rings (SSSR count). The molecule has 1 atom stereocenters. The lowest BCUT2D eigenvalue weighted by molar-refractivity contribution is 0.0861. The molecule has 1 unspecified atom stereocenters. The highest BCUT2D eigenvalue weighted by Crippen LogP contribution is 2.39. The number of nitrogens with zero attached hydrogens (tertiary/aromatic N) is 1. The number of phenols is 1. The van der Waals surface area contributed by atoms with Gasteiger partial charge in [-0.3, -0.25) is 4.99 Å². The van der Waals surface area contributed by atoms with E-state index in [2.05, 4.69) is 4.99 Å². The smallest absolute Gasteiger partial charge is 0.180 e. The molecule has 5 nitrogen and oxygen atoms in total. The Morgan fingerprint density at radius 1 is 1.50 bits per heavy atom. The van der Waals surface area contributed by atoms with E-state index < -0.39 is 15.6 Å². The number of aliphatic imine (C=N–C) groups is 1. The number of hydrogen-bond acceptors (Lipinski definition) is 5. The van der Waals surface area contributed by atoms with Crippen LogP contribution in [0.2, 0.25) is 5.02 Å². The van der Waals surface area contributed by atoms with Crippen molar-refractivity contribution >= 4 is 32.8 Å². The summed E-state index contributed by atoms with van der Waals surface area (Å²) in [6.45, 7) is 2.49. The zero-order valence-electron chi connectivity index (χ0n) is 11.3. The molecule has 1 aromatic carbocycles. The lowest BCUT2D eigenvalue weighted by Gasteiger charge is -2.28. The second kappa shape index (κ2) is 5.71. The Hall–Kier alpha value is -1.11. The number of ether oxygens (including phenoxy) is 1. The van der Waals surface area contributed by atoms with E-state index in [1.165, 1.54) is 12.1 Å². The van der Waals surface area contributed by atoms with Crippen LogP contribution in [-0.2, 0) is 14.6 Å². The third-order valence-corrected chi connectivity index (χ3v) is 4.68. The van der Waals surface area contributed by atoms with Crippen molar-refractivity contribution in [1.82, 2.24) is 0 Å². The van der Waals surface area contributed by atoms with Crippen LogP contribution >= 0.6 is 11.6 Å². The Kier molecular flexibility index (Phi) is 4.36. The zero-order chi connectivity index (χ0) is 14.9. The number of sulfone groups is 1. The maximum Gasteiger partial charge on any atom is 0.180 e. The van der Waals surface area contributed by atoms with Gasteiger partial charge in [0.05, 0.1) is 11.1 Å². The highest BCUT2D eigenvalue weighted by molar-refractivity contribution is 7.91. The lowest BCUT2D eigenvalue weighted by Crippen LogP contribution is -2.34. The predicted molar refractivity (Wildman–Crippen MR) is 78.0 cm³/mol. The molecular weight excluding hydrogens is 302 g/mol. The Morgan fingerprint density at radius 3 is 2.70 bits per heavy atom. The van der Waals surface area contributed by atoms with Crippen LogP contribution in [0.5, 0.6) is 5.75 Å². The van der Waals surface area contributed by atoms with Crippen molar-refractivity contribution in [2.24, 2.45) is 4.99 Å². The largest absolute Gasteiger partial charge is 0.504 e. The van der Waals surface area contributed by atoms with E-state index in [9.17, 15) is 13.5 Å². The van der Waals surface area contributed by atoms with Gasteiger partial charge in [0.15, 0.2) is 15.6 Å². The van der Waals surface area contributed by atoms with E-state index in [1.807, 2.05) is 6.92 Å². The van der Waals surface area contributed by atoms with Crippen molar-refractivity contribution in [3.05, 3.63) is 17.2 Å². The van der Waals surface area contributed by atoms with Crippen LogP contribution in [0.1, 0.15) is 19.8 Å². The molecule has 1 saturated carbocycles. The van der Waals surface area contributed by atoms with Gasteiger partial charge in [-0.15, -0.1) is 0 Å². The number of rotatable bonds is 4. The molecule has 110 valence electrons. The molecule has 0 amide bonds. The van der Waals surface area contributed by atoms with Crippen LogP contribution in [0.15, 0.2) is 22.0 Å². The topological polar surface area (TPSA) is 76.0 Å². The van der Waals surface area contributed by atoms with Gasteiger partial charge in [-0.25, -0.2) is 8.42 Å². The van der Waals surface area contributed by atoms with Gasteiger partial charge in [0.2, 0.25) is 0 Å². The minimum Gasteiger partial charge on any atom is -0.504 e. The quantitative estimate of drug-likeness (QED) is 0.926. The maximum atomic E-state index is 11.6. The van der Waals surface area contributed by atoms with Gasteiger partial charge < -0.3 is 9.84 Å². The van der Waals surface area contributed by atoms with E-state index >= 15 is 0 Å². The fourth-order valence-corrected chi connectivity index (χ4v) is 3.48. The summed E-state index contributed by atoms with van der Waals surface area (Å²) in [7, 11) is -3.62. The van der Waals surface area contributed by atoms with Crippen LogP contribution < -0.4 is 0 Å². The Labute approximate surface area is 123 Å². The third kappa shape index (κ3) is 2.97. The Bertz CT molecular complexity index is 655. The first kappa shape index (κ1) is 15.3. The summed E-state index contributed by atoms with van der Waals surface area (Å²) in [5.74, 6) is -0.408. The van der Waals surface area contributed by atoms with E-state index in [4.69, 9.17) is 16.3 Å². The monoisotopic (exact) mass is 317 g/mol. The summed E-state index contributed by atoms with van der Waals surface area (Å²) in [6.07, 6.45) is 2.62. The number of benzene rings is 1. The first-order valence-electron chi connectivity index (χ1n) is 6.25. The van der Waals surface area contributed by atoms with Gasteiger partial charge in [-0.1, -0.05) is 11.6 Å². The molecular formula is C13H16ClNO4S. The lowest BCUT2D eigenvalue weighted by atomic mass is 9.92. The normalized spacial score (nSPS) is 20.9. The second-order valence-corrected chi connectivity index (χ2v) is 6.96. The third-order valence-electron chi connectivity index (χ3n) is 3.10. The summed E-state index contributed by atoms with van der Waals surface area (Å²) >= 11 is 5.84. The number of aromatic hydroxyl groups is 1. The highest BCUT2D eigenvalue weighted by atomic mass is 35.5. The molecule has 1 aromatic rings. The predicted octanol–water partition coefficient (Wildman–Crippen LogP) is 2.72. The van der Waals surface area contributed by atoms with Gasteiger partial charge in [-0.05, 0) is 31.9 Å². The van der Waals surface area contributed by atoms with Crippen molar-refractivity contribution in [1.29, 1.82) is 0 Å². The average molecular weight is 318 g/mol. The fourth-order valence-electron chi connectivity index (χ4n) is 2.03. The van der Waals surface area contributed by atoms with Crippen molar-refractivity contribution < 1.29 is 18.3 Å².